The van der Waals surface area contributed by atoms with Gasteiger partial charge in [0.05, 0.1) is 0 Å². The highest BCUT2D eigenvalue weighted by Gasteiger charge is 2.17. The van der Waals surface area contributed by atoms with Gasteiger partial charge in [0.1, 0.15) is 5.82 Å². The highest BCUT2D eigenvalue weighted by molar-refractivity contribution is 7.09. The molecule has 2 heterocycles. The molecular formula is C16H23N3S. The lowest BCUT2D eigenvalue weighted by Crippen LogP contribution is -2.32. The summed E-state index contributed by atoms with van der Waals surface area (Å²) in [5.41, 5.74) is 9.33. The molecule has 0 aliphatic carbocycles. The molecule has 108 valence electrons. The van der Waals surface area contributed by atoms with Crippen LogP contribution in [0.3, 0.4) is 0 Å². The fourth-order valence-electron chi connectivity index (χ4n) is 2.45. The van der Waals surface area contributed by atoms with Gasteiger partial charge >= 0.3 is 0 Å². The maximum absolute atomic E-state index is 5.91. The van der Waals surface area contributed by atoms with Gasteiger partial charge in [0.25, 0.3) is 0 Å². The molecule has 0 aliphatic rings. The van der Waals surface area contributed by atoms with Crippen LogP contribution in [0.4, 0.5) is 5.82 Å². The van der Waals surface area contributed by atoms with Crippen molar-refractivity contribution in [3.8, 4) is 0 Å². The zero-order valence-electron chi connectivity index (χ0n) is 12.7. The van der Waals surface area contributed by atoms with Crippen molar-refractivity contribution in [2.45, 2.75) is 39.8 Å². The number of hydrogen-bond donors (Lipinski definition) is 1. The van der Waals surface area contributed by atoms with Crippen LogP contribution in [0.2, 0.25) is 0 Å². The standard InChI is InChI=1S/C16H23N3S/c1-11-8-12(2)18-16(15(11)10-17)19(4)13(3)9-14-6-5-7-20-14/h5-8,13H,9-10,17H2,1-4H3. The topological polar surface area (TPSA) is 42.1 Å². The Morgan fingerprint density at radius 3 is 2.75 bits per heavy atom. The Hall–Kier alpha value is -1.39. The molecule has 0 fully saturated rings. The second kappa shape index (κ2) is 6.37. The molecule has 2 aromatic rings. The predicted molar refractivity (Wildman–Crippen MR) is 87.5 cm³/mol. The highest BCUT2D eigenvalue weighted by atomic mass is 32.1. The van der Waals surface area contributed by atoms with Crippen molar-refractivity contribution in [3.63, 3.8) is 0 Å². The fourth-order valence-corrected chi connectivity index (χ4v) is 3.28. The van der Waals surface area contributed by atoms with Crippen molar-refractivity contribution in [1.29, 1.82) is 0 Å². The summed E-state index contributed by atoms with van der Waals surface area (Å²) in [7, 11) is 2.11. The van der Waals surface area contributed by atoms with Crippen molar-refractivity contribution >= 4 is 17.2 Å². The van der Waals surface area contributed by atoms with Crippen LogP contribution >= 0.6 is 11.3 Å². The van der Waals surface area contributed by atoms with Crippen LogP contribution in [0, 0.1) is 13.8 Å². The second-order valence-corrected chi connectivity index (χ2v) is 6.36. The normalized spacial score (nSPS) is 12.4. The van der Waals surface area contributed by atoms with E-state index in [1.165, 1.54) is 10.4 Å². The Kier molecular flexibility index (Phi) is 4.78. The molecule has 0 amide bonds. The second-order valence-electron chi connectivity index (χ2n) is 5.33. The van der Waals surface area contributed by atoms with Gasteiger partial charge in [0.15, 0.2) is 0 Å². The average Bonchev–Trinajstić information content (AvgIpc) is 2.89. The summed E-state index contributed by atoms with van der Waals surface area (Å²) >= 11 is 1.81. The van der Waals surface area contributed by atoms with Crippen molar-refractivity contribution in [2.75, 3.05) is 11.9 Å². The molecule has 0 spiro atoms. The van der Waals surface area contributed by atoms with Crippen molar-refractivity contribution < 1.29 is 0 Å². The predicted octanol–water partition coefficient (Wildman–Crippen LogP) is 3.29. The van der Waals surface area contributed by atoms with Gasteiger partial charge in [-0.1, -0.05) is 6.07 Å². The smallest absolute Gasteiger partial charge is 0.133 e. The lowest BCUT2D eigenvalue weighted by atomic mass is 10.1. The lowest BCUT2D eigenvalue weighted by Gasteiger charge is -2.28. The van der Waals surface area contributed by atoms with Gasteiger partial charge < -0.3 is 10.6 Å². The van der Waals surface area contributed by atoms with E-state index in [1.54, 1.807) is 0 Å². The van der Waals surface area contributed by atoms with Gasteiger partial charge in [-0.15, -0.1) is 11.3 Å². The highest BCUT2D eigenvalue weighted by Crippen LogP contribution is 2.24. The first-order chi connectivity index (χ1) is 9.52. The first-order valence-corrected chi connectivity index (χ1v) is 7.83. The summed E-state index contributed by atoms with van der Waals surface area (Å²) in [6.45, 7) is 6.91. The molecule has 0 saturated carbocycles. The van der Waals surface area contributed by atoms with Crippen LogP contribution in [0.5, 0.6) is 0 Å². The van der Waals surface area contributed by atoms with E-state index in [-0.39, 0.29) is 0 Å². The Bertz CT molecular complexity index is 563. The first-order valence-electron chi connectivity index (χ1n) is 6.95. The number of anilines is 1. The number of aryl methyl sites for hydroxylation is 2. The lowest BCUT2D eigenvalue weighted by molar-refractivity contribution is 0.674. The molecule has 0 bridgehead atoms. The molecule has 0 saturated heterocycles. The van der Waals surface area contributed by atoms with Gasteiger partial charge in [-0.05, 0) is 43.8 Å². The summed E-state index contributed by atoms with van der Waals surface area (Å²) in [6.07, 6.45) is 1.03. The van der Waals surface area contributed by atoms with Crippen LogP contribution in [-0.4, -0.2) is 18.1 Å². The summed E-state index contributed by atoms with van der Waals surface area (Å²) < 4.78 is 0. The minimum Gasteiger partial charge on any atom is -0.356 e. The number of thiophene rings is 1. The number of nitrogens with two attached hydrogens (primary N) is 1. The van der Waals surface area contributed by atoms with E-state index < -0.39 is 0 Å². The summed E-state index contributed by atoms with van der Waals surface area (Å²) in [5, 5.41) is 2.13. The number of likely N-dealkylation sites (N-methyl/N-ethyl adjacent to an activating group) is 1. The number of aromatic nitrogens is 1. The maximum atomic E-state index is 5.91. The van der Waals surface area contributed by atoms with Crippen LogP contribution in [0.25, 0.3) is 0 Å². The molecule has 20 heavy (non-hydrogen) atoms. The third-order valence-corrected chi connectivity index (χ3v) is 4.63. The van der Waals surface area contributed by atoms with E-state index in [0.717, 1.165) is 23.5 Å². The first kappa shape index (κ1) is 15.0. The molecule has 4 heteroatoms. The quantitative estimate of drug-likeness (QED) is 0.918. The Morgan fingerprint density at radius 2 is 2.15 bits per heavy atom. The third kappa shape index (κ3) is 3.19. The third-order valence-electron chi connectivity index (χ3n) is 3.73. The largest absolute Gasteiger partial charge is 0.356 e. The summed E-state index contributed by atoms with van der Waals surface area (Å²) in [4.78, 5) is 8.36. The van der Waals surface area contributed by atoms with Crippen LogP contribution in [-0.2, 0) is 13.0 Å². The monoisotopic (exact) mass is 289 g/mol. The molecule has 2 aromatic heterocycles. The van der Waals surface area contributed by atoms with E-state index in [9.17, 15) is 0 Å². The molecular weight excluding hydrogens is 266 g/mol. The van der Waals surface area contributed by atoms with Crippen molar-refractivity contribution in [1.82, 2.24) is 4.98 Å². The van der Waals surface area contributed by atoms with E-state index in [2.05, 4.69) is 49.4 Å². The molecule has 1 atom stereocenters. The molecule has 0 radical (unpaired) electrons. The summed E-state index contributed by atoms with van der Waals surface area (Å²) in [5.74, 6) is 1.02. The molecule has 0 aromatic carbocycles. The van der Waals surface area contributed by atoms with Gasteiger partial charge in [0, 0.05) is 42.2 Å². The van der Waals surface area contributed by atoms with Gasteiger partial charge in [-0.3, -0.25) is 0 Å². The Labute approximate surface area is 125 Å². The minimum absolute atomic E-state index is 0.396. The van der Waals surface area contributed by atoms with E-state index >= 15 is 0 Å². The molecule has 3 nitrogen and oxygen atoms in total. The van der Waals surface area contributed by atoms with Crippen molar-refractivity contribution in [2.24, 2.45) is 5.73 Å². The molecule has 2 rings (SSSR count). The van der Waals surface area contributed by atoms with Gasteiger partial charge in [0.2, 0.25) is 0 Å². The molecule has 0 aliphatic heterocycles. The van der Waals surface area contributed by atoms with Gasteiger partial charge in [-0.25, -0.2) is 4.98 Å². The van der Waals surface area contributed by atoms with Crippen LogP contribution < -0.4 is 10.6 Å². The van der Waals surface area contributed by atoms with Gasteiger partial charge in [-0.2, -0.15) is 0 Å². The number of nitrogens with zero attached hydrogens (tertiary/aromatic N) is 2. The average molecular weight is 289 g/mol. The number of hydrogen-bond acceptors (Lipinski definition) is 4. The fraction of sp³-hybridized carbons (Fsp3) is 0.438. The van der Waals surface area contributed by atoms with Crippen LogP contribution in [0.15, 0.2) is 23.6 Å². The van der Waals surface area contributed by atoms with E-state index in [4.69, 9.17) is 10.7 Å². The SMILES string of the molecule is Cc1cc(C)c(CN)c(N(C)C(C)Cc2cccs2)n1. The number of rotatable bonds is 5. The molecule has 2 N–H and O–H groups in total. The summed E-state index contributed by atoms with van der Waals surface area (Å²) in [6, 6.07) is 6.79. The van der Waals surface area contributed by atoms with E-state index in [0.29, 0.717) is 12.6 Å². The van der Waals surface area contributed by atoms with Crippen molar-refractivity contribution in [3.05, 3.63) is 45.3 Å². The maximum Gasteiger partial charge on any atom is 0.133 e. The Balaban J connectivity index is 2.25. The zero-order chi connectivity index (χ0) is 14.7. The molecule has 1 unspecified atom stereocenters. The zero-order valence-corrected chi connectivity index (χ0v) is 13.5. The minimum atomic E-state index is 0.396. The van der Waals surface area contributed by atoms with Crippen LogP contribution in [0.1, 0.15) is 28.6 Å². The number of pyridine rings is 1. The van der Waals surface area contributed by atoms with E-state index in [1.807, 2.05) is 18.3 Å². The Morgan fingerprint density at radius 1 is 1.40 bits per heavy atom.